The third-order valence-electron chi connectivity index (χ3n) is 3.28. The van der Waals surface area contributed by atoms with Crippen LogP contribution in [-0.4, -0.2) is 18.3 Å². The van der Waals surface area contributed by atoms with E-state index in [0.717, 1.165) is 35.7 Å². The van der Waals surface area contributed by atoms with Gasteiger partial charge in [0.15, 0.2) is 0 Å². The predicted molar refractivity (Wildman–Crippen MR) is 73.2 cm³/mol. The minimum atomic E-state index is -4.24. The number of benzene rings is 1. The summed E-state index contributed by atoms with van der Waals surface area (Å²) in [5.74, 6) is 1.80. The summed E-state index contributed by atoms with van der Waals surface area (Å²) >= 11 is 1.78. The number of rotatable bonds is 4. The maximum atomic E-state index is 12.4. The van der Waals surface area contributed by atoms with Gasteiger partial charge in [0.05, 0.1) is 5.56 Å². The second-order valence-corrected chi connectivity index (χ2v) is 5.89. The third-order valence-corrected chi connectivity index (χ3v) is 4.46. The van der Waals surface area contributed by atoms with Gasteiger partial charge >= 0.3 is 6.18 Å². The van der Waals surface area contributed by atoms with E-state index >= 15 is 0 Å². The molecule has 0 saturated carbocycles. The summed E-state index contributed by atoms with van der Waals surface area (Å²) in [6, 6.07) is 6.03. The van der Waals surface area contributed by atoms with Crippen molar-refractivity contribution in [2.75, 3.05) is 12.3 Å². The molecule has 19 heavy (non-hydrogen) atoms. The van der Waals surface area contributed by atoms with Crippen LogP contribution in [0.5, 0.6) is 0 Å². The molecule has 1 N–H and O–H groups in total. The van der Waals surface area contributed by atoms with Crippen molar-refractivity contribution < 1.29 is 13.2 Å². The second-order valence-electron chi connectivity index (χ2n) is 4.86. The van der Waals surface area contributed by atoms with Gasteiger partial charge in [-0.15, -0.1) is 0 Å². The average Bonchev–Trinajstić information content (AvgIpc) is 2.39. The highest BCUT2D eigenvalue weighted by Crippen LogP contribution is 2.29. The molecule has 1 aliphatic heterocycles. The summed E-state index contributed by atoms with van der Waals surface area (Å²) in [6.07, 6.45) is -0.504. The van der Waals surface area contributed by atoms with Crippen molar-refractivity contribution in [3.8, 4) is 0 Å². The summed E-state index contributed by atoms with van der Waals surface area (Å²) in [4.78, 5) is 0. The van der Waals surface area contributed by atoms with E-state index in [4.69, 9.17) is 0 Å². The third kappa shape index (κ3) is 4.73. The van der Waals surface area contributed by atoms with Gasteiger partial charge in [-0.25, -0.2) is 0 Å². The molecule has 1 fully saturated rings. The quantitative estimate of drug-likeness (QED) is 0.896. The van der Waals surface area contributed by atoms with Crippen LogP contribution in [0.3, 0.4) is 0 Å². The fourth-order valence-corrected chi connectivity index (χ4v) is 3.29. The molecule has 1 nitrogen and oxygen atoms in total. The van der Waals surface area contributed by atoms with E-state index in [1.54, 1.807) is 23.9 Å². The van der Waals surface area contributed by atoms with E-state index in [9.17, 15) is 13.2 Å². The van der Waals surface area contributed by atoms with Crippen molar-refractivity contribution in [3.05, 3.63) is 35.4 Å². The minimum absolute atomic E-state index is 0.563. The molecular formula is C14H18F3NS. The van der Waals surface area contributed by atoms with Crippen LogP contribution in [0.15, 0.2) is 24.3 Å². The van der Waals surface area contributed by atoms with E-state index in [1.807, 2.05) is 0 Å². The Morgan fingerprint density at radius 3 is 2.47 bits per heavy atom. The summed E-state index contributed by atoms with van der Waals surface area (Å²) < 4.78 is 37.2. The maximum Gasteiger partial charge on any atom is 0.416 e. The molecule has 1 aliphatic rings. The van der Waals surface area contributed by atoms with Crippen molar-refractivity contribution in [1.29, 1.82) is 0 Å². The maximum absolute atomic E-state index is 12.4. The van der Waals surface area contributed by atoms with Gasteiger partial charge in [-0.3, -0.25) is 0 Å². The molecule has 0 bridgehead atoms. The van der Waals surface area contributed by atoms with Crippen molar-refractivity contribution in [2.24, 2.45) is 0 Å². The van der Waals surface area contributed by atoms with Crippen molar-refractivity contribution in [1.82, 2.24) is 5.32 Å². The van der Waals surface area contributed by atoms with Crippen LogP contribution in [0.2, 0.25) is 0 Å². The van der Waals surface area contributed by atoms with Gasteiger partial charge in [0.2, 0.25) is 0 Å². The normalized spacial score (nSPS) is 20.5. The molecule has 1 aromatic carbocycles. The molecule has 1 unspecified atom stereocenters. The Balaban J connectivity index is 1.76. The Morgan fingerprint density at radius 1 is 1.16 bits per heavy atom. The van der Waals surface area contributed by atoms with Crippen molar-refractivity contribution in [2.45, 2.75) is 37.2 Å². The van der Waals surface area contributed by atoms with Crippen molar-refractivity contribution >= 4 is 11.8 Å². The van der Waals surface area contributed by atoms with E-state index in [1.165, 1.54) is 19.3 Å². The van der Waals surface area contributed by atoms with Crippen molar-refractivity contribution in [3.63, 3.8) is 0 Å². The average molecular weight is 289 g/mol. The summed E-state index contributed by atoms with van der Waals surface area (Å²) in [5, 5.41) is 3.46. The van der Waals surface area contributed by atoms with Crippen LogP contribution >= 0.6 is 11.8 Å². The number of alkyl halides is 3. The number of piperidine rings is 1. The molecule has 1 heterocycles. The number of nitrogens with one attached hydrogen (secondary N) is 1. The minimum Gasteiger partial charge on any atom is -0.313 e. The zero-order chi connectivity index (χ0) is 13.7. The van der Waals surface area contributed by atoms with E-state index < -0.39 is 11.7 Å². The molecule has 0 radical (unpaired) electrons. The van der Waals surface area contributed by atoms with Gasteiger partial charge in [0.25, 0.3) is 0 Å². The first-order valence-corrected chi connectivity index (χ1v) is 7.68. The van der Waals surface area contributed by atoms with Crippen LogP contribution in [0.4, 0.5) is 13.2 Å². The lowest BCUT2D eigenvalue weighted by molar-refractivity contribution is -0.137. The topological polar surface area (TPSA) is 12.0 Å². The second kappa shape index (κ2) is 6.66. The number of halogens is 3. The molecule has 1 saturated heterocycles. The Kier molecular flexibility index (Phi) is 5.16. The van der Waals surface area contributed by atoms with E-state index in [-0.39, 0.29) is 0 Å². The molecule has 0 aliphatic carbocycles. The molecule has 0 aromatic heterocycles. The predicted octanol–water partition coefficient (Wildman–Crippen LogP) is 4.08. The van der Waals surface area contributed by atoms with Crippen LogP contribution in [-0.2, 0) is 11.9 Å². The lowest BCUT2D eigenvalue weighted by atomic mass is 10.1. The zero-order valence-electron chi connectivity index (χ0n) is 10.7. The van der Waals surface area contributed by atoms with Crippen LogP contribution in [0.25, 0.3) is 0 Å². The Bertz CT molecular complexity index is 383. The number of hydrogen-bond acceptors (Lipinski definition) is 2. The molecule has 0 amide bonds. The first-order chi connectivity index (χ1) is 9.05. The summed E-state index contributed by atoms with van der Waals surface area (Å²) in [5.41, 5.74) is 0.379. The zero-order valence-corrected chi connectivity index (χ0v) is 11.5. The van der Waals surface area contributed by atoms with Gasteiger partial charge in [0.1, 0.15) is 0 Å². The fraction of sp³-hybridized carbons (Fsp3) is 0.571. The first kappa shape index (κ1) is 14.7. The first-order valence-electron chi connectivity index (χ1n) is 6.53. The highest BCUT2D eigenvalue weighted by molar-refractivity contribution is 7.98. The lowest BCUT2D eigenvalue weighted by Gasteiger charge is -2.22. The Morgan fingerprint density at radius 2 is 1.89 bits per heavy atom. The van der Waals surface area contributed by atoms with E-state index in [0.29, 0.717) is 6.04 Å². The monoisotopic (exact) mass is 289 g/mol. The van der Waals surface area contributed by atoms with Crippen LogP contribution < -0.4 is 5.32 Å². The lowest BCUT2D eigenvalue weighted by Crippen LogP contribution is -2.35. The smallest absolute Gasteiger partial charge is 0.313 e. The molecule has 0 spiro atoms. The van der Waals surface area contributed by atoms with Gasteiger partial charge in [-0.2, -0.15) is 24.9 Å². The van der Waals surface area contributed by atoms with E-state index in [2.05, 4.69) is 5.32 Å². The van der Waals surface area contributed by atoms with Crippen LogP contribution in [0.1, 0.15) is 30.4 Å². The van der Waals surface area contributed by atoms with Gasteiger partial charge in [-0.1, -0.05) is 18.6 Å². The molecular weight excluding hydrogens is 271 g/mol. The fourth-order valence-electron chi connectivity index (χ4n) is 2.18. The molecule has 106 valence electrons. The SMILES string of the molecule is FC(F)(F)c1ccc(CSCC2CCCCN2)cc1. The molecule has 1 aromatic rings. The Hall–Kier alpha value is -0.680. The summed E-state index contributed by atoms with van der Waals surface area (Å²) in [7, 11) is 0. The standard InChI is InChI=1S/C14H18F3NS/c15-14(16,17)12-6-4-11(5-7-12)9-19-10-13-3-1-2-8-18-13/h4-7,13,18H,1-3,8-10H2. The molecule has 2 rings (SSSR count). The molecule has 5 heteroatoms. The van der Waals surface area contributed by atoms with Crippen LogP contribution in [0, 0.1) is 0 Å². The van der Waals surface area contributed by atoms with Gasteiger partial charge in [-0.05, 0) is 37.1 Å². The number of thioether (sulfide) groups is 1. The number of hydrogen-bond donors (Lipinski definition) is 1. The highest BCUT2D eigenvalue weighted by atomic mass is 32.2. The largest absolute Gasteiger partial charge is 0.416 e. The van der Waals surface area contributed by atoms with Gasteiger partial charge in [0, 0.05) is 17.5 Å². The molecule has 1 atom stereocenters. The highest BCUT2D eigenvalue weighted by Gasteiger charge is 2.29. The summed E-state index contributed by atoms with van der Waals surface area (Å²) in [6.45, 7) is 1.09. The Labute approximate surface area is 116 Å². The van der Waals surface area contributed by atoms with Gasteiger partial charge < -0.3 is 5.32 Å².